The van der Waals surface area contributed by atoms with Crippen LogP contribution in [0.2, 0.25) is 0 Å². The van der Waals surface area contributed by atoms with E-state index in [0.717, 1.165) is 0 Å². The van der Waals surface area contributed by atoms with Crippen molar-refractivity contribution in [2.24, 2.45) is 0 Å². The first-order chi connectivity index (χ1) is 13.5. The van der Waals surface area contributed by atoms with Gasteiger partial charge in [0.05, 0.1) is 6.61 Å². The molecular formula is C21H21N2O5-. The summed E-state index contributed by atoms with van der Waals surface area (Å²) in [5.41, 5.74) is 1.06. The number of carbonyl (C=O) groups excluding carboxylic acids is 3. The van der Waals surface area contributed by atoms with Gasteiger partial charge in [0.2, 0.25) is 0 Å². The SMILES string of the molecule is CCOc1ccc(/C=C(/NC(=O)c2ccccc2)C(=O)NCCC(=O)[O-])cc1. The first-order valence-electron chi connectivity index (χ1n) is 8.78. The highest BCUT2D eigenvalue weighted by molar-refractivity contribution is 6.05. The summed E-state index contributed by atoms with van der Waals surface area (Å²) in [4.78, 5) is 35.4. The highest BCUT2D eigenvalue weighted by Gasteiger charge is 2.14. The summed E-state index contributed by atoms with van der Waals surface area (Å²) in [7, 11) is 0. The summed E-state index contributed by atoms with van der Waals surface area (Å²) < 4.78 is 5.38. The van der Waals surface area contributed by atoms with E-state index in [1.807, 2.05) is 6.92 Å². The average Bonchev–Trinajstić information content (AvgIpc) is 2.69. The lowest BCUT2D eigenvalue weighted by atomic mass is 10.1. The number of hydrogen-bond acceptors (Lipinski definition) is 5. The Morgan fingerprint density at radius 3 is 2.32 bits per heavy atom. The van der Waals surface area contributed by atoms with Gasteiger partial charge in [0.15, 0.2) is 0 Å². The number of carboxylic acid groups (broad SMARTS) is 1. The van der Waals surface area contributed by atoms with E-state index in [1.165, 1.54) is 6.08 Å². The molecule has 0 unspecified atom stereocenters. The molecule has 0 saturated heterocycles. The minimum absolute atomic E-state index is 0.00337. The van der Waals surface area contributed by atoms with E-state index in [2.05, 4.69) is 10.6 Å². The highest BCUT2D eigenvalue weighted by Crippen LogP contribution is 2.14. The Balaban J connectivity index is 2.20. The third-order valence-corrected chi connectivity index (χ3v) is 3.65. The largest absolute Gasteiger partial charge is 0.550 e. The summed E-state index contributed by atoms with van der Waals surface area (Å²) >= 11 is 0. The zero-order valence-electron chi connectivity index (χ0n) is 15.4. The Labute approximate surface area is 163 Å². The van der Waals surface area contributed by atoms with Crippen LogP contribution in [0.3, 0.4) is 0 Å². The fourth-order valence-electron chi connectivity index (χ4n) is 2.31. The maximum Gasteiger partial charge on any atom is 0.267 e. The summed E-state index contributed by atoms with van der Waals surface area (Å²) in [6.07, 6.45) is 1.18. The Bertz CT molecular complexity index is 845. The third-order valence-electron chi connectivity index (χ3n) is 3.65. The van der Waals surface area contributed by atoms with Gasteiger partial charge in [-0.3, -0.25) is 9.59 Å². The maximum absolute atomic E-state index is 12.4. The van der Waals surface area contributed by atoms with Gasteiger partial charge in [-0.05, 0) is 42.8 Å². The van der Waals surface area contributed by atoms with E-state index < -0.39 is 17.8 Å². The smallest absolute Gasteiger partial charge is 0.267 e. The molecule has 0 radical (unpaired) electrons. The van der Waals surface area contributed by atoms with Crippen molar-refractivity contribution in [3.63, 3.8) is 0 Å². The zero-order chi connectivity index (χ0) is 20.4. The van der Waals surface area contributed by atoms with E-state index >= 15 is 0 Å². The van der Waals surface area contributed by atoms with Gasteiger partial charge in [-0.15, -0.1) is 0 Å². The number of amides is 2. The molecule has 0 aliphatic heterocycles. The van der Waals surface area contributed by atoms with Crippen LogP contribution in [0.5, 0.6) is 5.75 Å². The van der Waals surface area contributed by atoms with Crippen LogP contribution in [0.15, 0.2) is 60.3 Å². The van der Waals surface area contributed by atoms with Crippen molar-refractivity contribution < 1.29 is 24.2 Å². The Hall–Kier alpha value is -3.61. The third kappa shape index (κ3) is 6.60. The van der Waals surface area contributed by atoms with Crippen molar-refractivity contribution in [1.29, 1.82) is 0 Å². The Kier molecular flexibility index (Phi) is 7.77. The molecule has 2 aromatic rings. The van der Waals surface area contributed by atoms with Crippen LogP contribution in [0.1, 0.15) is 29.3 Å². The number of aliphatic carboxylic acids is 1. The quantitative estimate of drug-likeness (QED) is 0.633. The molecule has 7 nitrogen and oxygen atoms in total. The molecule has 7 heteroatoms. The van der Waals surface area contributed by atoms with Crippen LogP contribution in [-0.2, 0) is 9.59 Å². The molecule has 2 amide bonds. The minimum Gasteiger partial charge on any atom is -0.550 e. The molecule has 0 aliphatic rings. The summed E-state index contributed by atoms with van der Waals surface area (Å²) in [6.45, 7) is 2.30. The van der Waals surface area contributed by atoms with Crippen LogP contribution < -0.4 is 20.5 Å². The number of ether oxygens (including phenoxy) is 1. The van der Waals surface area contributed by atoms with E-state index in [4.69, 9.17) is 4.74 Å². The summed E-state index contributed by atoms with van der Waals surface area (Å²) in [5, 5.41) is 15.6. The fourth-order valence-corrected chi connectivity index (χ4v) is 2.31. The molecule has 0 atom stereocenters. The van der Waals surface area contributed by atoms with Crippen LogP contribution >= 0.6 is 0 Å². The Morgan fingerprint density at radius 1 is 1.04 bits per heavy atom. The van der Waals surface area contributed by atoms with E-state index in [9.17, 15) is 19.5 Å². The van der Waals surface area contributed by atoms with Crippen molar-refractivity contribution >= 4 is 23.9 Å². The summed E-state index contributed by atoms with van der Waals surface area (Å²) in [6, 6.07) is 15.4. The summed E-state index contributed by atoms with van der Waals surface area (Å²) in [5.74, 6) is -1.63. The van der Waals surface area contributed by atoms with Gasteiger partial charge in [0.1, 0.15) is 11.4 Å². The average molecular weight is 381 g/mol. The molecule has 0 bridgehead atoms. The van der Waals surface area contributed by atoms with Crippen molar-refractivity contribution in [3.8, 4) is 5.75 Å². The number of carboxylic acids is 1. The fraction of sp³-hybridized carbons (Fsp3) is 0.190. The topological polar surface area (TPSA) is 108 Å². The van der Waals surface area contributed by atoms with Crippen LogP contribution in [0, 0.1) is 0 Å². The minimum atomic E-state index is -1.27. The normalized spacial score (nSPS) is 10.8. The molecule has 0 spiro atoms. The second-order valence-corrected chi connectivity index (χ2v) is 5.76. The lowest BCUT2D eigenvalue weighted by Gasteiger charge is -2.12. The second kappa shape index (κ2) is 10.5. The highest BCUT2D eigenvalue weighted by atomic mass is 16.5. The van der Waals surface area contributed by atoms with Crippen LogP contribution in [0.25, 0.3) is 6.08 Å². The molecule has 0 fully saturated rings. The molecule has 0 saturated carbocycles. The molecule has 0 heterocycles. The zero-order valence-corrected chi connectivity index (χ0v) is 15.4. The van der Waals surface area contributed by atoms with Gasteiger partial charge in [-0.2, -0.15) is 0 Å². The van der Waals surface area contributed by atoms with E-state index in [0.29, 0.717) is 23.5 Å². The molecule has 2 rings (SSSR count). The van der Waals surface area contributed by atoms with Crippen molar-refractivity contribution in [2.75, 3.05) is 13.2 Å². The van der Waals surface area contributed by atoms with Gasteiger partial charge in [-0.25, -0.2) is 0 Å². The van der Waals surface area contributed by atoms with Gasteiger partial charge in [0, 0.05) is 24.5 Å². The molecule has 0 aromatic heterocycles. The number of nitrogens with one attached hydrogen (secondary N) is 2. The molecule has 28 heavy (non-hydrogen) atoms. The van der Waals surface area contributed by atoms with Crippen LogP contribution in [-0.4, -0.2) is 30.9 Å². The van der Waals surface area contributed by atoms with Gasteiger partial charge < -0.3 is 25.3 Å². The van der Waals surface area contributed by atoms with Crippen LogP contribution in [0.4, 0.5) is 0 Å². The molecule has 0 aliphatic carbocycles. The second-order valence-electron chi connectivity index (χ2n) is 5.76. The Morgan fingerprint density at radius 2 is 1.71 bits per heavy atom. The first kappa shape index (κ1) is 20.7. The van der Waals surface area contributed by atoms with Crippen molar-refractivity contribution in [3.05, 3.63) is 71.4 Å². The predicted octanol–water partition coefficient (Wildman–Crippen LogP) is 1.11. The molecule has 146 valence electrons. The van der Waals surface area contributed by atoms with Crippen molar-refractivity contribution in [1.82, 2.24) is 10.6 Å². The predicted molar refractivity (Wildman–Crippen MR) is 102 cm³/mol. The standard InChI is InChI=1S/C21H22N2O5/c1-2-28-17-10-8-15(9-11-17)14-18(21(27)22-13-12-19(24)25)23-20(26)16-6-4-3-5-7-16/h3-11,14H,2,12-13H2,1H3,(H,22,27)(H,23,26)(H,24,25)/p-1/b18-14+. The number of carbonyl (C=O) groups is 3. The number of rotatable bonds is 9. The number of benzene rings is 2. The molecule has 2 aromatic carbocycles. The van der Waals surface area contributed by atoms with Crippen molar-refractivity contribution in [2.45, 2.75) is 13.3 Å². The monoisotopic (exact) mass is 381 g/mol. The number of hydrogen-bond donors (Lipinski definition) is 2. The molecular weight excluding hydrogens is 360 g/mol. The van der Waals surface area contributed by atoms with Gasteiger partial charge >= 0.3 is 0 Å². The van der Waals surface area contributed by atoms with E-state index in [1.54, 1.807) is 54.6 Å². The van der Waals surface area contributed by atoms with E-state index in [-0.39, 0.29) is 18.7 Å². The first-order valence-corrected chi connectivity index (χ1v) is 8.78. The van der Waals surface area contributed by atoms with Gasteiger partial charge in [-0.1, -0.05) is 30.3 Å². The van der Waals surface area contributed by atoms with Gasteiger partial charge in [0.25, 0.3) is 11.8 Å². The lowest BCUT2D eigenvalue weighted by Crippen LogP contribution is -2.37. The lowest BCUT2D eigenvalue weighted by molar-refractivity contribution is -0.305. The maximum atomic E-state index is 12.4. The molecule has 2 N–H and O–H groups in total.